The van der Waals surface area contributed by atoms with Gasteiger partial charge in [0.25, 0.3) is 0 Å². The predicted octanol–water partition coefficient (Wildman–Crippen LogP) is 4.29. The van der Waals surface area contributed by atoms with Crippen molar-refractivity contribution >= 4 is 39.1 Å². The summed E-state index contributed by atoms with van der Waals surface area (Å²) < 4.78 is 5.94. The molecule has 6 N–H and O–H groups in total. The Morgan fingerprint density at radius 3 is 2.87 bits per heavy atom. The number of hydrogen-bond acceptors (Lipinski definition) is 5. The van der Waals surface area contributed by atoms with E-state index in [1.807, 2.05) is 30.5 Å². The van der Waals surface area contributed by atoms with Gasteiger partial charge in [0.2, 0.25) is 0 Å². The molecule has 1 atom stereocenters. The number of aromatic amines is 2. The number of H-pyrrole nitrogens is 2. The van der Waals surface area contributed by atoms with Gasteiger partial charge in [0.1, 0.15) is 17.5 Å². The van der Waals surface area contributed by atoms with Gasteiger partial charge in [-0.25, -0.2) is 0 Å². The zero-order valence-corrected chi connectivity index (χ0v) is 17.4. The summed E-state index contributed by atoms with van der Waals surface area (Å²) in [5.41, 5.74) is 17.8. The largest absolute Gasteiger partial charge is 0.490 e. The van der Waals surface area contributed by atoms with Crippen LogP contribution in [-0.2, 0) is 6.42 Å². The van der Waals surface area contributed by atoms with E-state index < -0.39 is 0 Å². The smallest absolute Gasteiger partial charge is 0.138 e. The lowest BCUT2D eigenvalue weighted by Crippen LogP contribution is -2.30. The Morgan fingerprint density at radius 1 is 1.10 bits per heavy atom. The van der Waals surface area contributed by atoms with Crippen LogP contribution in [0.4, 0.5) is 5.69 Å². The average molecular weight is 433 g/mol. The fraction of sp³-hybridized carbons (Fsp3) is 0.130. The summed E-state index contributed by atoms with van der Waals surface area (Å²) in [5, 5.41) is 9.36. The minimum Gasteiger partial charge on any atom is -0.490 e. The number of ether oxygens (including phenoxy) is 1. The maximum Gasteiger partial charge on any atom is 0.138 e. The number of nitrogens with two attached hydrogens (primary N) is 2. The molecular weight excluding hydrogens is 412 g/mol. The van der Waals surface area contributed by atoms with Crippen molar-refractivity contribution in [1.82, 2.24) is 20.2 Å². The standard InChI is InChI=1S/C23H21ClN6O/c24-23-19-7-18(20(26)8-22(19)29-30-23)14-6-16(11-27-9-14)31-12-15(25)5-13-10-28-21-4-2-1-3-17(13)21/h1-4,6-11,15,28H,5,12,25-26H2,(H,29,30)/t15-/m0/s1. The fourth-order valence-corrected chi connectivity index (χ4v) is 3.98. The number of fused-ring (bicyclic) bond motifs is 2. The van der Waals surface area contributed by atoms with Gasteiger partial charge in [-0.1, -0.05) is 29.8 Å². The SMILES string of the molecule is Nc1cc2n[nH]c(Cl)c2cc1-c1cncc(OC[C@@H](N)Cc2c[nH]c3ccccc23)c1. The highest BCUT2D eigenvalue weighted by Gasteiger charge is 2.13. The Morgan fingerprint density at radius 2 is 1.97 bits per heavy atom. The normalized spacial score (nSPS) is 12.5. The summed E-state index contributed by atoms with van der Waals surface area (Å²) in [7, 11) is 0. The highest BCUT2D eigenvalue weighted by atomic mass is 35.5. The summed E-state index contributed by atoms with van der Waals surface area (Å²) in [6, 6.07) is 13.6. The molecule has 0 saturated heterocycles. The molecule has 0 aliphatic rings. The van der Waals surface area contributed by atoms with E-state index >= 15 is 0 Å². The molecule has 0 unspecified atom stereocenters. The zero-order valence-electron chi connectivity index (χ0n) is 16.6. The molecule has 2 aromatic carbocycles. The summed E-state index contributed by atoms with van der Waals surface area (Å²) in [6.45, 7) is 0.368. The van der Waals surface area contributed by atoms with Crippen LogP contribution in [0.3, 0.4) is 0 Å². The van der Waals surface area contributed by atoms with Gasteiger partial charge in [-0.3, -0.25) is 10.1 Å². The highest BCUT2D eigenvalue weighted by Crippen LogP contribution is 2.33. The molecule has 0 spiro atoms. The highest BCUT2D eigenvalue weighted by molar-refractivity contribution is 6.34. The van der Waals surface area contributed by atoms with Crippen molar-refractivity contribution in [1.29, 1.82) is 0 Å². The number of anilines is 1. The van der Waals surface area contributed by atoms with E-state index in [1.165, 1.54) is 10.9 Å². The van der Waals surface area contributed by atoms with Crippen LogP contribution >= 0.6 is 11.6 Å². The third-order valence-electron chi connectivity index (χ3n) is 5.32. The quantitative estimate of drug-likeness (QED) is 0.298. The number of nitrogens with one attached hydrogen (secondary N) is 2. The molecule has 31 heavy (non-hydrogen) atoms. The summed E-state index contributed by atoms with van der Waals surface area (Å²) >= 11 is 6.18. The molecule has 0 radical (unpaired) electrons. The second-order valence-corrected chi connectivity index (χ2v) is 7.92. The number of aromatic nitrogens is 4. The lowest BCUT2D eigenvalue weighted by molar-refractivity contribution is 0.287. The molecule has 3 aromatic heterocycles. The van der Waals surface area contributed by atoms with Crippen molar-refractivity contribution in [2.45, 2.75) is 12.5 Å². The molecular formula is C23H21ClN6O. The van der Waals surface area contributed by atoms with Crippen LogP contribution in [-0.4, -0.2) is 32.8 Å². The maximum absolute atomic E-state index is 6.34. The zero-order chi connectivity index (χ0) is 21.4. The minimum absolute atomic E-state index is 0.158. The van der Waals surface area contributed by atoms with Crippen molar-refractivity contribution in [2.75, 3.05) is 12.3 Å². The van der Waals surface area contributed by atoms with Crippen LogP contribution < -0.4 is 16.2 Å². The monoisotopic (exact) mass is 432 g/mol. The number of hydrogen-bond donors (Lipinski definition) is 4. The average Bonchev–Trinajstić information content (AvgIpc) is 3.35. The number of benzene rings is 2. The van der Waals surface area contributed by atoms with Gasteiger partial charge in [0.15, 0.2) is 0 Å². The van der Waals surface area contributed by atoms with Gasteiger partial charge in [0, 0.05) is 51.5 Å². The Balaban J connectivity index is 1.31. The van der Waals surface area contributed by atoms with Crippen LogP contribution in [0.25, 0.3) is 32.9 Å². The van der Waals surface area contributed by atoms with E-state index in [2.05, 4.69) is 32.3 Å². The van der Waals surface area contributed by atoms with Crippen LogP contribution in [0.15, 0.2) is 61.1 Å². The number of para-hydroxylation sites is 1. The topological polar surface area (TPSA) is 119 Å². The number of nitrogen functional groups attached to an aromatic ring is 1. The summed E-state index contributed by atoms with van der Waals surface area (Å²) in [6.07, 6.45) is 6.12. The van der Waals surface area contributed by atoms with Gasteiger partial charge in [0.05, 0.1) is 11.7 Å². The van der Waals surface area contributed by atoms with E-state index in [-0.39, 0.29) is 6.04 Å². The third kappa shape index (κ3) is 3.81. The molecule has 156 valence electrons. The van der Waals surface area contributed by atoms with Crippen LogP contribution in [0.5, 0.6) is 5.75 Å². The molecule has 0 fully saturated rings. The first-order chi connectivity index (χ1) is 15.1. The molecule has 5 rings (SSSR count). The second-order valence-electron chi connectivity index (χ2n) is 7.54. The molecule has 0 saturated carbocycles. The number of pyridine rings is 1. The van der Waals surface area contributed by atoms with Crippen molar-refractivity contribution in [2.24, 2.45) is 5.73 Å². The number of halogens is 1. The molecule has 3 heterocycles. The molecule has 0 aliphatic carbocycles. The van der Waals surface area contributed by atoms with Crippen molar-refractivity contribution in [3.05, 3.63) is 71.8 Å². The molecule has 7 nitrogen and oxygen atoms in total. The van der Waals surface area contributed by atoms with Gasteiger partial charge in [-0.15, -0.1) is 0 Å². The van der Waals surface area contributed by atoms with Crippen LogP contribution in [0.1, 0.15) is 5.56 Å². The molecule has 5 aromatic rings. The summed E-state index contributed by atoms with van der Waals surface area (Å²) in [4.78, 5) is 7.58. The third-order valence-corrected chi connectivity index (χ3v) is 5.61. The van der Waals surface area contributed by atoms with Gasteiger partial charge in [-0.05, 0) is 36.2 Å². The van der Waals surface area contributed by atoms with Crippen LogP contribution in [0.2, 0.25) is 5.15 Å². The minimum atomic E-state index is -0.158. The Bertz CT molecular complexity index is 1380. The first kappa shape index (κ1) is 19.4. The summed E-state index contributed by atoms with van der Waals surface area (Å²) in [5.74, 6) is 0.629. The van der Waals surface area contributed by atoms with Gasteiger partial charge >= 0.3 is 0 Å². The molecule has 0 amide bonds. The van der Waals surface area contributed by atoms with Gasteiger partial charge in [-0.2, -0.15) is 5.10 Å². The van der Waals surface area contributed by atoms with Crippen LogP contribution in [0, 0.1) is 0 Å². The van der Waals surface area contributed by atoms with Crippen molar-refractivity contribution in [3.8, 4) is 16.9 Å². The Labute approximate surface area is 183 Å². The molecule has 0 bridgehead atoms. The Hall–Kier alpha value is -3.55. The number of nitrogens with zero attached hydrogens (tertiary/aromatic N) is 2. The van der Waals surface area contributed by atoms with E-state index in [0.29, 0.717) is 29.6 Å². The Kier molecular flexibility index (Phi) is 4.97. The predicted molar refractivity (Wildman–Crippen MR) is 124 cm³/mol. The maximum atomic E-state index is 6.34. The lowest BCUT2D eigenvalue weighted by Gasteiger charge is -2.14. The second kappa shape index (κ2) is 7.94. The van der Waals surface area contributed by atoms with Crippen molar-refractivity contribution < 1.29 is 4.74 Å². The number of rotatable bonds is 6. The molecule has 0 aliphatic heterocycles. The van der Waals surface area contributed by atoms with E-state index in [4.69, 9.17) is 27.8 Å². The fourth-order valence-electron chi connectivity index (χ4n) is 3.78. The van der Waals surface area contributed by atoms with E-state index in [0.717, 1.165) is 27.5 Å². The first-order valence-corrected chi connectivity index (χ1v) is 10.3. The first-order valence-electron chi connectivity index (χ1n) is 9.90. The molecule has 8 heteroatoms. The van der Waals surface area contributed by atoms with E-state index in [9.17, 15) is 0 Å². The van der Waals surface area contributed by atoms with Crippen molar-refractivity contribution in [3.63, 3.8) is 0 Å². The van der Waals surface area contributed by atoms with Gasteiger partial charge < -0.3 is 21.2 Å². The lowest BCUT2D eigenvalue weighted by atomic mass is 10.0. The van der Waals surface area contributed by atoms with E-state index in [1.54, 1.807) is 18.5 Å².